The van der Waals surface area contributed by atoms with Crippen molar-refractivity contribution in [2.45, 2.75) is 57.7 Å². The van der Waals surface area contributed by atoms with E-state index in [0.717, 1.165) is 42.5 Å². The lowest BCUT2D eigenvalue weighted by atomic mass is 9.78. The zero-order valence-corrected chi connectivity index (χ0v) is 21.3. The zero-order chi connectivity index (χ0) is 25.8. The van der Waals surface area contributed by atoms with Gasteiger partial charge in [-0.1, -0.05) is 54.6 Å². The van der Waals surface area contributed by atoms with E-state index in [1.54, 1.807) is 0 Å². The third-order valence-electron chi connectivity index (χ3n) is 7.21. The van der Waals surface area contributed by atoms with E-state index in [4.69, 9.17) is 20.2 Å². The minimum Gasteiger partial charge on any atom is -0.463 e. The summed E-state index contributed by atoms with van der Waals surface area (Å²) in [6.45, 7) is 4.91. The Morgan fingerprint density at radius 2 is 1.78 bits per heavy atom. The lowest BCUT2D eigenvalue weighted by molar-refractivity contribution is 0.136. The van der Waals surface area contributed by atoms with Crippen LogP contribution in [0.15, 0.2) is 65.9 Å². The van der Waals surface area contributed by atoms with Crippen LogP contribution in [0.5, 0.6) is 5.88 Å². The number of ether oxygens (including phenoxy) is 2. The number of rotatable bonds is 6. The second-order valence-corrected chi connectivity index (χ2v) is 10.3. The van der Waals surface area contributed by atoms with Crippen LogP contribution in [0.25, 0.3) is 0 Å². The number of aliphatic imine (C=N–C) groups is 1. The van der Waals surface area contributed by atoms with Gasteiger partial charge < -0.3 is 20.5 Å². The summed E-state index contributed by atoms with van der Waals surface area (Å²) < 4.78 is 11.4. The van der Waals surface area contributed by atoms with Crippen molar-refractivity contribution in [1.82, 2.24) is 15.3 Å². The van der Waals surface area contributed by atoms with Gasteiger partial charge in [0.1, 0.15) is 18.5 Å². The fraction of sp³-hybridized carbons (Fsp3) is 0.379. The quantitative estimate of drug-likeness (QED) is 0.460. The van der Waals surface area contributed by atoms with Crippen LogP contribution >= 0.6 is 0 Å². The summed E-state index contributed by atoms with van der Waals surface area (Å²) in [4.78, 5) is 25.1. The summed E-state index contributed by atoms with van der Waals surface area (Å²) in [5.74, 6) is 1.71. The fourth-order valence-corrected chi connectivity index (χ4v) is 5.12. The fourth-order valence-electron chi connectivity index (χ4n) is 5.12. The first-order valence-corrected chi connectivity index (χ1v) is 12.8. The number of hydrogen-bond donors (Lipinski definition) is 2. The molecule has 1 fully saturated rings. The van der Waals surface area contributed by atoms with Gasteiger partial charge in [-0.05, 0) is 62.5 Å². The molecule has 192 valence electrons. The number of aromatic nitrogens is 2. The Hall–Kier alpha value is -3.94. The van der Waals surface area contributed by atoms with E-state index in [1.165, 1.54) is 11.9 Å². The second-order valence-electron chi connectivity index (χ2n) is 10.3. The molecule has 3 aromatic rings. The molecule has 2 aliphatic rings. The smallest absolute Gasteiger partial charge is 0.407 e. The molecule has 1 aromatic heterocycles. The number of fused-ring (bicyclic) bond motifs is 1. The summed E-state index contributed by atoms with van der Waals surface area (Å²) >= 11 is 0. The first-order chi connectivity index (χ1) is 17.9. The average Bonchev–Trinajstić information content (AvgIpc) is 2.91. The molecule has 1 amide bonds. The number of carbonyl (C=O) groups is 1. The Balaban J connectivity index is 1.14. The van der Waals surface area contributed by atoms with Crippen LogP contribution < -0.4 is 15.8 Å². The molecule has 1 saturated carbocycles. The molecule has 3 N–H and O–H groups in total. The van der Waals surface area contributed by atoms with Gasteiger partial charge in [0, 0.05) is 12.1 Å². The molecule has 0 bridgehead atoms. The molecule has 8 heteroatoms. The van der Waals surface area contributed by atoms with Gasteiger partial charge in [0.05, 0.1) is 5.71 Å². The number of nitrogens with zero attached hydrogens (tertiary/aromatic N) is 3. The number of nitrogen functional groups attached to an aromatic ring is 1. The molecule has 0 spiro atoms. The SMILES string of the molecule is CC1(C)Oc2ncnc(N)c2N=C1c1ccc(C2CCC(CNC(=O)OCc3ccccc3)CC2)cc1. The Labute approximate surface area is 217 Å². The van der Waals surface area contributed by atoms with Crippen molar-refractivity contribution >= 4 is 23.3 Å². The highest BCUT2D eigenvalue weighted by Crippen LogP contribution is 2.40. The van der Waals surface area contributed by atoms with Crippen molar-refractivity contribution in [3.63, 3.8) is 0 Å². The van der Waals surface area contributed by atoms with Gasteiger partial charge in [-0.25, -0.2) is 14.8 Å². The molecule has 2 aromatic carbocycles. The highest BCUT2D eigenvalue weighted by molar-refractivity contribution is 6.09. The monoisotopic (exact) mass is 499 g/mol. The molecule has 2 heterocycles. The normalized spacial score (nSPS) is 20.2. The van der Waals surface area contributed by atoms with Gasteiger partial charge in [0.15, 0.2) is 11.5 Å². The molecule has 0 atom stereocenters. The number of carbonyl (C=O) groups excluding carboxylic acids is 1. The lowest BCUT2D eigenvalue weighted by Crippen LogP contribution is -2.41. The van der Waals surface area contributed by atoms with E-state index < -0.39 is 5.60 Å². The third-order valence-corrected chi connectivity index (χ3v) is 7.21. The number of nitrogens with two attached hydrogens (primary N) is 1. The van der Waals surface area contributed by atoms with E-state index in [-0.39, 0.29) is 6.09 Å². The zero-order valence-electron chi connectivity index (χ0n) is 21.3. The predicted molar refractivity (Wildman–Crippen MR) is 143 cm³/mol. The average molecular weight is 500 g/mol. The molecule has 0 unspecified atom stereocenters. The first kappa shape index (κ1) is 24.7. The number of hydrogen-bond acceptors (Lipinski definition) is 7. The molecule has 0 radical (unpaired) electrons. The maximum absolute atomic E-state index is 12.1. The van der Waals surface area contributed by atoms with Crippen molar-refractivity contribution < 1.29 is 14.3 Å². The van der Waals surface area contributed by atoms with Crippen LogP contribution in [-0.4, -0.2) is 33.9 Å². The molecular weight excluding hydrogens is 466 g/mol. The van der Waals surface area contributed by atoms with Crippen molar-refractivity contribution in [3.8, 4) is 5.88 Å². The van der Waals surface area contributed by atoms with Crippen LogP contribution in [0, 0.1) is 5.92 Å². The molecule has 1 aliphatic carbocycles. The second kappa shape index (κ2) is 10.6. The molecule has 0 saturated heterocycles. The van der Waals surface area contributed by atoms with Gasteiger partial charge in [0.2, 0.25) is 5.88 Å². The van der Waals surface area contributed by atoms with Gasteiger partial charge in [-0.15, -0.1) is 0 Å². The standard InChI is InChI=1S/C29H33N5O3/c1-29(2)25(34-24-26(30)32-18-33-27(24)37-29)23-14-12-22(13-15-23)21-10-8-19(9-11-21)16-31-28(35)36-17-20-6-4-3-5-7-20/h3-7,12-15,18-19,21H,8-11,16-17H2,1-2H3,(H,31,35)(H2,30,32,33). The highest BCUT2D eigenvalue weighted by Gasteiger charge is 2.35. The first-order valence-electron chi connectivity index (χ1n) is 12.8. The van der Waals surface area contributed by atoms with Crippen molar-refractivity contribution in [2.75, 3.05) is 12.3 Å². The van der Waals surface area contributed by atoms with Crippen LogP contribution in [0.1, 0.15) is 62.1 Å². The summed E-state index contributed by atoms with van der Waals surface area (Å²) in [5, 5.41) is 2.94. The summed E-state index contributed by atoms with van der Waals surface area (Å²) in [7, 11) is 0. The minimum atomic E-state index is -0.636. The van der Waals surface area contributed by atoms with Crippen molar-refractivity contribution in [1.29, 1.82) is 0 Å². The molecule has 8 nitrogen and oxygen atoms in total. The summed E-state index contributed by atoms with van der Waals surface area (Å²) in [6.07, 6.45) is 5.39. The topological polar surface area (TPSA) is 112 Å². The van der Waals surface area contributed by atoms with E-state index in [9.17, 15) is 4.79 Å². The van der Waals surface area contributed by atoms with E-state index >= 15 is 0 Å². The lowest BCUT2D eigenvalue weighted by Gasteiger charge is -2.32. The number of anilines is 1. The Morgan fingerprint density at radius 1 is 1.05 bits per heavy atom. The number of amides is 1. The largest absolute Gasteiger partial charge is 0.463 e. The Kier molecular flexibility index (Phi) is 7.08. The maximum atomic E-state index is 12.1. The Bertz CT molecular complexity index is 1270. The van der Waals surface area contributed by atoms with E-state index in [1.807, 2.05) is 44.2 Å². The summed E-state index contributed by atoms with van der Waals surface area (Å²) in [6, 6.07) is 18.3. The molecule has 37 heavy (non-hydrogen) atoms. The van der Waals surface area contributed by atoms with Crippen LogP contribution in [0.3, 0.4) is 0 Å². The Morgan fingerprint density at radius 3 is 2.51 bits per heavy atom. The van der Waals surface area contributed by atoms with Gasteiger partial charge in [-0.2, -0.15) is 4.98 Å². The van der Waals surface area contributed by atoms with Crippen molar-refractivity contribution in [2.24, 2.45) is 10.9 Å². The van der Waals surface area contributed by atoms with E-state index in [0.29, 0.717) is 42.4 Å². The molecule has 1 aliphatic heterocycles. The highest BCUT2D eigenvalue weighted by atomic mass is 16.5. The van der Waals surface area contributed by atoms with Crippen LogP contribution in [0.4, 0.5) is 16.3 Å². The minimum absolute atomic E-state index is 0.290. The van der Waals surface area contributed by atoms with Crippen LogP contribution in [0.2, 0.25) is 0 Å². The van der Waals surface area contributed by atoms with Crippen LogP contribution in [-0.2, 0) is 11.3 Å². The molecular formula is C29H33N5O3. The molecule has 5 rings (SSSR count). The predicted octanol–water partition coefficient (Wildman–Crippen LogP) is 5.55. The third kappa shape index (κ3) is 5.74. The number of alkyl carbamates (subject to hydrolysis) is 1. The van der Waals surface area contributed by atoms with Gasteiger partial charge in [0.25, 0.3) is 0 Å². The maximum Gasteiger partial charge on any atom is 0.407 e. The van der Waals surface area contributed by atoms with E-state index in [2.05, 4.69) is 39.6 Å². The number of benzene rings is 2. The van der Waals surface area contributed by atoms with Gasteiger partial charge in [-0.3, -0.25) is 0 Å². The van der Waals surface area contributed by atoms with Gasteiger partial charge >= 0.3 is 6.09 Å². The summed E-state index contributed by atoms with van der Waals surface area (Å²) in [5.41, 5.74) is 9.98. The number of nitrogens with one attached hydrogen (secondary N) is 1. The van der Waals surface area contributed by atoms with Crippen molar-refractivity contribution in [3.05, 3.63) is 77.6 Å².